The maximum atomic E-state index is 13.5. The summed E-state index contributed by atoms with van der Waals surface area (Å²) in [6.45, 7) is 1.94. The van der Waals surface area contributed by atoms with Crippen LogP contribution in [0.2, 0.25) is 0 Å². The zero-order valence-corrected chi connectivity index (χ0v) is 20.0. The highest BCUT2D eigenvalue weighted by Crippen LogP contribution is 2.37. The second-order valence-corrected chi connectivity index (χ2v) is 9.94. The van der Waals surface area contributed by atoms with Crippen LogP contribution in [0.3, 0.4) is 0 Å². The lowest BCUT2D eigenvalue weighted by molar-refractivity contribution is 0.0596. The minimum atomic E-state index is -4.10. The summed E-state index contributed by atoms with van der Waals surface area (Å²) < 4.78 is 44.4. The van der Waals surface area contributed by atoms with Crippen LogP contribution in [-0.2, 0) is 27.8 Å². The molecule has 2 heterocycles. The van der Waals surface area contributed by atoms with Gasteiger partial charge in [0.1, 0.15) is 23.8 Å². The van der Waals surface area contributed by atoms with Gasteiger partial charge in [-0.15, -0.1) is 0 Å². The van der Waals surface area contributed by atoms with Gasteiger partial charge < -0.3 is 19.0 Å². The standard InChI is InChI=1S/C26H22N2O7S/c1-17-22(27-25(34-17)18-7-3-2-4-8-18)16-33-20-11-13-21(14-12-20)36(31,32)28-23-10-6-5-9-19(23)15-24(28)35-26(29)30/h2-14,24H,15-16H2,1H3,(H,29,30)/t24-/m1/s1. The summed E-state index contributed by atoms with van der Waals surface area (Å²) >= 11 is 0. The number of carbonyl (C=O) groups is 1. The molecule has 0 saturated heterocycles. The van der Waals surface area contributed by atoms with Crippen molar-refractivity contribution in [3.63, 3.8) is 0 Å². The molecular weight excluding hydrogens is 484 g/mol. The Labute approximate surface area is 207 Å². The summed E-state index contributed by atoms with van der Waals surface area (Å²) in [6, 6.07) is 22.2. The van der Waals surface area contributed by atoms with Crippen molar-refractivity contribution in [3.8, 4) is 17.2 Å². The molecule has 1 atom stereocenters. The molecule has 10 heteroatoms. The van der Waals surface area contributed by atoms with Crippen molar-refractivity contribution in [2.24, 2.45) is 0 Å². The maximum Gasteiger partial charge on any atom is 0.507 e. The highest BCUT2D eigenvalue weighted by atomic mass is 32.2. The molecular formula is C26H22N2O7S. The van der Waals surface area contributed by atoms with Crippen molar-refractivity contribution < 1.29 is 32.2 Å². The van der Waals surface area contributed by atoms with Crippen LogP contribution >= 0.6 is 0 Å². The molecule has 184 valence electrons. The fourth-order valence-electron chi connectivity index (χ4n) is 4.05. The Morgan fingerprint density at radius 2 is 1.75 bits per heavy atom. The summed E-state index contributed by atoms with van der Waals surface area (Å²) in [7, 11) is -4.10. The Bertz CT molecular complexity index is 1500. The molecule has 36 heavy (non-hydrogen) atoms. The summed E-state index contributed by atoms with van der Waals surface area (Å²) in [4.78, 5) is 15.7. The van der Waals surface area contributed by atoms with Crippen LogP contribution < -0.4 is 9.04 Å². The first kappa shape index (κ1) is 23.4. The van der Waals surface area contributed by atoms with Gasteiger partial charge in [0.25, 0.3) is 10.0 Å². The topological polar surface area (TPSA) is 119 Å². The number of fused-ring (bicyclic) bond motifs is 1. The largest absolute Gasteiger partial charge is 0.507 e. The number of aromatic nitrogens is 1. The fraction of sp³-hybridized carbons (Fsp3) is 0.154. The molecule has 1 N–H and O–H groups in total. The molecule has 1 aliphatic rings. The number of sulfonamides is 1. The lowest BCUT2D eigenvalue weighted by atomic mass is 10.2. The molecule has 4 aromatic rings. The predicted octanol–water partition coefficient (Wildman–Crippen LogP) is 5.00. The van der Waals surface area contributed by atoms with E-state index in [0.717, 1.165) is 9.87 Å². The van der Waals surface area contributed by atoms with Crippen LogP contribution in [0.5, 0.6) is 5.75 Å². The molecule has 0 bridgehead atoms. The minimum absolute atomic E-state index is 0.0190. The number of benzene rings is 3. The molecule has 0 aliphatic carbocycles. The van der Waals surface area contributed by atoms with Gasteiger partial charge in [0, 0.05) is 12.0 Å². The maximum absolute atomic E-state index is 13.5. The first-order valence-corrected chi connectivity index (χ1v) is 12.5. The number of hydrogen-bond acceptors (Lipinski definition) is 7. The van der Waals surface area contributed by atoms with Gasteiger partial charge in [-0.25, -0.2) is 22.5 Å². The molecule has 0 saturated carbocycles. The molecule has 0 spiro atoms. The number of oxazole rings is 1. The quantitative estimate of drug-likeness (QED) is 0.348. The number of anilines is 1. The highest BCUT2D eigenvalue weighted by Gasteiger charge is 2.40. The van der Waals surface area contributed by atoms with E-state index in [0.29, 0.717) is 34.3 Å². The SMILES string of the molecule is Cc1oc(-c2ccccc2)nc1COc1ccc(S(=O)(=O)N2c3ccccc3C[C@H]2OC(=O)O)cc1. The number of nitrogens with zero attached hydrogens (tertiary/aromatic N) is 2. The van der Waals surface area contributed by atoms with Gasteiger partial charge in [0.15, 0.2) is 6.23 Å². The molecule has 3 aromatic carbocycles. The lowest BCUT2D eigenvalue weighted by Crippen LogP contribution is -2.40. The molecule has 9 nitrogen and oxygen atoms in total. The van der Waals surface area contributed by atoms with Gasteiger partial charge in [0.2, 0.25) is 5.89 Å². The number of para-hydroxylation sites is 1. The molecule has 0 amide bonds. The number of hydrogen-bond donors (Lipinski definition) is 1. The van der Waals surface area contributed by atoms with Crippen molar-refractivity contribution in [1.82, 2.24) is 4.98 Å². The van der Waals surface area contributed by atoms with Crippen molar-refractivity contribution in [2.75, 3.05) is 4.31 Å². The Morgan fingerprint density at radius 1 is 1.06 bits per heavy atom. The highest BCUT2D eigenvalue weighted by molar-refractivity contribution is 7.92. The number of ether oxygens (including phenoxy) is 2. The van der Waals surface area contributed by atoms with Crippen molar-refractivity contribution in [1.29, 1.82) is 0 Å². The van der Waals surface area contributed by atoms with Gasteiger partial charge >= 0.3 is 6.16 Å². The molecule has 0 unspecified atom stereocenters. The molecule has 1 aliphatic heterocycles. The van der Waals surface area contributed by atoms with E-state index in [1.807, 2.05) is 30.3 Å². The molecule has 1 aromatic heterocycles. The molecule has 5 rings (SSSR count). The Morgan fingerprint density at radius 3 is 2.47 bits per heavy atom. The Kier molecular flexibility index (Phi) is 6.11. The van der Waals surface area contributed by atoms with Gasteiger partial charge in [-0.2, -0.15) is 0 Å². The summed E-state index contributed by atoms with van der Waals surface area (Å²) in [5, 5.41) is 9.11. The monoisotopic (exact) mass is 506 g/mol. The summed E-state index contributed by atoms with van der Waals surface area (Å²) in [5.74, 6) is 1.57. The van der Waals surface area contributed by atoms with Gasteiger partial charge in [-0.05, 0) is 55.0 Å². The van der Waals surface area contributed by atoms with E-state index in [2.05, 4.69) is 4.98 Å². The van der Waals surface area contributed by atoms with Crippen LogP contribution in [0.25, 0.3) is 11.5 Å². The van der Waals surface area contributed by atoms with E-state index >= 15 is 0 Å². The van der Waals surface area contributed by atoms with Crippen molar-refractivity contribution in [2.45, 2.75) is 31.1 Å². The van der Waals surface area contributed by atoms with Gasteiger partial charge in [-0.3, -0.25) is 0 Å². The Hall–Kier alpha value is -4.31. The smallest absolute Gasteiger partial charge is 0.487 e. The Balaban J connectivity index is 1.33. The van der Waals surface area contributed by atoms with E-state index in [1.165, 1.54) is 24.3 Å². The summed E-state index contributed by atoms with van der Waals surface area (Å²) in [6.07, 6.45) is -2.60. The third-order valence-corrected chi connectivity index (χ3v) is 7.61. The van der Waals surface area contributed by atoms with E-state index in [4.69, 9.17) is 19.0 Å². The first-order valence-electron chi connectivity index (χ1n) is 11.1. The first-order chi connectivity index (χ1) is 17.3. The van der Waals surface area contributed by atoms with Crippen molar-refractivity contribution in [3.05, 3.63) is 95.9 Å². The average molecular weight is 507 g/mol. The van der Waals surface area contributed by atoms with Crippen molar-refractivity contribution >= 4 is 21.9 Å². The van der Waals surface area contributed by atoms with E-state index in [-0.39, 0.29) is 17.9 Å². The second kappa shape index (κ2) is 9.38. The lowest BCUT2D eigenvalue weighted by Gasteiger charge is -2.25. The van der Waals surface area contributed by atoms with Crippen LogP contribution in [0.4, 0.5) is 10.5 Å². The number of rotatable bonds is 7. The summed E-state index contributed by atoms with van der Waals surface area (Å²) in [5.41, 5.74) is 2.56. The van der Waals surface area contributed by atoms with Gasteiger partial charge in [-0.1, -0.05) is 36.4 Å². The zero-order chi connectivity index (χ0) is 25.3. The molecule has 0 radical (unpaired) electrons. The number of carboxylic acid groups (broad SMARTS) is 1. The third kappa shape index (κ3) is 4.50. The third-order valence-electron chi connectivity index (χ3n) is 5.79. The number of aryl methyl sites for hydroxylation is 1. The van der Waals surface area contributed by atoms with E-state index in [9.17, 15) is 13.2 Å². The van der Waals surface area contributed by atoms with Crippen LogP contribution in [-0.4, -0.2) is 30.9 Å². The molecule has 0 fully saturated rings. The second-order valence-electron chi connectivity index (χ2n) is 8.12. The van der Waals surface area contributed by atoms with Gasteiger partial charge in [0.05, 0.1) is 10.6 Å². The van der Waals surface area contributed by atoms with Crippen LogP contribution in [0.1, 0.15) is 17.0 Å². The van der Waals surface area contributed by atoms with Crippen LogP contribution in [0.15, 0.2) is 88.2 Å². The minimum Gasteiger partial charge on any atom is -0.487 e. The van der Waals surface area contributed by atoms with E-state index < -0.39 is 22.4 Å². The van der Waals surface area contributed by atoms with E-state index in [1.54, 1.807) is 31.2 Å². The normalized spacial score (nSPS) is 14.9. The average Bonchev–Trinajstić information content (AvgIpc) is 3.43. The zero-order valence-electron chi connectivity index (χ0n) is 19.2. The fourth-order valence-corrected chi connectivity index (χ4v) is 5.63. The van der Waals surface area contributed by atoms with Crippen LogP contribution in [0, 0.1) is 6.92 Å². The predicted molar refractivity (Wildman–Crippen MR) is 130 cm³/mol.